The lowest BCUT2D eigenvalue weighted by atomic mass is 9.12. The topological polar surface area (TPSA) is 20.9 Å². The molecule has 0 aliphatic heterocycles. The van der Waals surface area contributed by atoms with Crippen molar-refractivity contribution in [3.63, 3.8) is 0 Å². The van der Waals surface area contributed by atoms with Crippen LogP contribution in [0.25, 0.3) is 10.9 Å². The molecule has 2 nitrogen and oxygen atoms in total. The van der Waals surface area contributed by atoms with Gasteiger partial charge >= 0.3 is 0 Å². The van der Waals surface area contributed by atoms with Crippen molar-refractivity contribution in [2.24, 2.45) is 0 Å². The largest absolute Gasteiger partial charge is 0.287 e. The fourth-order valence-electron chi connectivity index (χ4n) is 7.64. The first-order chi connectivity index (χ1) is 31.7. The molecule has 7 aromatic rings. The van der Waals surface area contributed by atoms with E-state index in [2.05, 4.69) is 45.0 Å². The Morgan fingerprint density at radius 1 is 0.397 bits per heavy atom. The summed E-state index contributed by atoms with van der Waals surface area (Å²) in [6.45, 7) is 6.89. The van der Waals surface area contributed by atoms with E-state index in [-0.39, 0.29) is 11.2 Å². The van der Waals surface area contributed by atoms with E-state index in [4.69, 9.17) is 0 Å². The number of halogens is 20. The van der Waals surface area contributed by atoms with Gasteiger partial charge in [-0.25, -0.2) is 87.8 Å². The highest BCUT2D eigenvalue weighted by molar-refractivity contribution is 7.20. The average Bonchev–Trinajstić information content (AvgIpc) is 3.31. The minimum absolute atomic E-state index is 0.103. The molecule has 0 unspecified atom stereocenters. The van der Waals surface area contributed by atoms with Gasteiger partial charge in [-0.05, 0) is 23.1 Å². The van der Waals surface area contributed by atoms with Crippen molar-refractivity contribution in [1.82, 2.24) is 0 Å². The normalized spacial score (nSPS) is 11.9. The van der Waals surface area contributed by atoms with Crippen LogP contribution < -0.4 is 26.4 Å². The number of hydrogen-bond acceptors (Lipinski definition) is 1. The molecular formula is C45H22BF20NO. The van der Waals surface area contributed by atoms with Crippen LogP contribution in [0.1, 0.15) is 36.7 Å². The first kappa shape index (κ1) is 50.5. The third kappa shape index (κ3) is 7.97. The predicted octanol–water partition coefficient (Wildman–Crippen LogP) is 10.2. The molecule has 68 heavy (non-hydrogen) atoms. The Morgan fingerprint density at radius 2 is 0.676 bits per heavy atom. The van der Waals surface area contributed by atoms with Crippen molar-refractivity contribution in [2.75, 3.05) is 0 Å². The van der Waals surface area contributed by atoms with E-state index < -0.39 is 144 Å². The summed E-state index contributed by atoms with van der Waals surface area (Å²) in [6.07, 6.45) is -5.25. The highest BCUT2D eigenvalue weighted by atomic mass is 19.2. The molecule has 1 heterocycles. The van der Waals surface area contributed by atoms with Crippen LogP contribution in [0.4, 0.5) is 87.8 Å². The molecule has 0 atom stereocenters. The van der Waals surface area contributed by atoms with E-state index in [1.807, 2.05) is 47.2 Å². The summed E-state index contributed by atoms with van der Waals surface area (Å²) < 4.78 is 296. The number of Topliss-reactive ketones (excluding diaryl/α,β-unsaturated/α-hetero) is 1. The van der Waals surface area contributed by atoms with E-state index in [0.29, 0.717) is 6.54 Å². The standard InChI is InChI=1S/C24BF20.C21H22NO/c26-5-1(6(27)14(35)21(42)13(5)34)25(2-7(28)15(36)22(43)16(37)8(2)29,3-9(30)17(38)23(44)18(39)10(3)31)4-11(32)19(40)24(45)20(41)12(4)33;1-21(2,3)18-12-10-17(11-13-18)20(23)15-22-14-6-8-16-7-4-5-9-19(16)22/h;4-14H,15H2,1-3H3/q-1;+1. The van der Waals surface area contributed by atoms with Crippen LogP contribution in [0, 0.1) is 116 Å². The SMILES string of the molecule is CC(C)(C)c1ccc(C(=O)C[n+]2cccc3ccccc32)cc1.Fc1c(F)c(F)c([B-](c2c(F)c(F)c(F)c(F)c2F)(c2c(F)c(F)c(F)c(F)c2F)c2c(F)c(F)c(F)c(F)c2F)c(F)c1F. The maximum Gasteiger partial charge on any atom is 0.227 e. The van der Waals surface area contributed by atoms with Gasteiger partial charge in [0.2, 0.25) is 17.8 Å². The van der Waals surface area contributed by atoms with Gasteiger partial charge in [-0.1, -0.05) is 57.2 Å². The summed E-state index contributed by atoms with van der Waals surface area (Å²) in [5.41, 5.74) is -11.1. The lowest BCUT2D eigenvalue weighted by Crippen LogP contribution is -2.81. The molecular weight excluding hydrogens is 961 g/mol. The second kappa shape index (κ2) is 18.3. The molecule has 356 valence electrons. The Morgan fingerprint density at radius 3 is 0.985 bits per heavy atom. The average molecular weight is 983 g/mol. The van der Waals surface area contributed by atoms with Crippen molar-refractivity contribution in [3.05, 3.63) is 194 Å². The quantitative estimate of drug-likeness (QED) is 0.0390. The van der Waals surface area contributed by atoms with E-state index in [0.717, 1.165) is 16.5 Å². The molecule has 0 saturated heterocycles. The fraction of sp³-hybridized carbons (Fsp3) is 0.111. The maximum absolute atomic E-state index is 15.4. The smallest absolute Gasteiger partial charge is 0.227 e. The Labute approximate surface area is 368 Å². The zero-order chi connectivity index (χ0) is 50.8. The van der Waals surface area contributed by atoms with Crippen molar-refractivity contribution >= 4 is 44.7 Å². The van der Waals surface area contributed by atoms with Gasteiger partial charge in [0.15, 0.2) is 76.0 Å². The second-order valence-electron chi connectivity index (χ2n) is 15.7. The van der Waals surface area contributed by atoms with Crippen LogP contribution in [0.3, 0.4) is 0 Å². The molecule has 0 radical (unpaired) electrons. The highest BCUT2D eigenvalue weighted by Gasteiger charge is 2.52. The summed E-state index contributed by atoms with van der Waals surface area (Å²) >= 11 is 0. The Kier molecular flexibility index (Phi) is 13.6. The van der Waals surface area contributed by atoms with Gasteiger partial charge in [0.25, 0.3) is 0 Å². The Bertz CT molecular complexity index is 2820. The zero-order valence-electron chi connectivity index (χ0n) is 34.1. The van der Waals surface area contributed by atoms with Crippen LogP contribution in [0.15, 0.2) is 66.9 Å². The van der Waals surface area contributed by atoms with E-state index >= 15 is 35.1 Å². The molecule has 0 bridgehead atoms. The third-order valence-corrected chi connectivity index (χ3v) is 10.9. The second-order valence-corrected chi connectivity index (χ2v) is 15.7. The van der Waals surface area contributed by atoms with Crippen molar-refractivity contribution in [1.29, 1.82) is 0 Å². The number of hydrogen-bond donors (Lipinski definition) is 0. The summed E-state index contributed by atoms with van der Waals surface area (Å²) in [5.74, 6) is -71.3. The van der Waals surface area contributed by atoms with Gasteiger partial charge in [0.1, 0.15) is 52.7 Å². The third-order valence-electron chi connectivity index (χ3n) is 10.9. The van der Waals surface area contributed by atoms with Gasteiger partial charge in [-0.3, -0.25) is 4.79 Å². The zero-order valence-corrected chi connectivity index (χ0v) is 34.1. The number of carbonyl (C=O) groups excluding carboxylic acids is 1. The number of fused-ring (bicyclic) bond motifs is 1. The number of para-hydroxylation sites is 1. The molecule has 0 aliphatic rings. The molecule has 0 N–H and O–H groups in total. The minimum Gasteiger partial charge on any atom is -0.287 e. The molecule has 1 aromatic heterocycles. The molecule has 23 heteroatoms. The first-order valence-electron chi connectivity index (χ1n) is 18.9. The van der Waals surface area contributed by atoms with Crippen molar-refractivity contribution < 1.29 is 97.2 Å². The molecule has 7 rings (SSSR count). The molecule has 6 aromatic carbocycles. The van der Waals surface area contributed by atoms with E-state index in [1.165, 1.54) is 5.56 Å². The van der Waals surface area contributed by atoms with E-state index in [1.54, 1.807) is 0 Å². The van der Waals surface area contributed by atoms with Gasteiger partial charge in [-0.2, -0.15) is 4.57 Å². The number of aromatic nitrogens is 1. The number of nitrogens with zero attached hydrogens (tertiary/aromatic N) is 1. The molecule has 0 spiro atoms. The van der Waals surface area contributed by atoms with E-state index in [9.17, 15) is 57.5 Å². The molecule has 0 amide bonds. The monoisotopic (exact) mass is 983 g/mol. The number of pyridine rings is 1. The molecule has 0 fully saturated rings. The van der Waals surface area contributed by atoms with Gasteiger partial charge in [-0.15, -0.1) is 21.9 Å². The van der Waals surface area contributed by atoms with Crippen LogP contribution in [-0.2, 0) is 12.0 Å². The number of ketones is 1. The van der Waals surface area contributed by atoms with Crippen LogP contribution in [-0.4, -0.2) is 11.9 Å². The van der Waals surface area contributed by atoms with Crippen LogP contribution in [0.5, 0.6) is 0 Å². The summed E-state index contributed by atoms with van der Waals surface area (Å²) in [7, 11) is 0. The Hall–Kier alpha value is -6.94. The number of carbonyl (C=O) groups is 1. The molecule has 0 aliphatic carbocycles. The van der Waals surface area contributed by atoms with Crippen molar-refractivity contribution in [2.45, 2.75) is 32.7 Å². The Balaban J connectivity index is 0.000000276. The first-order valence-corrected chi connectivity index (χ1v) is 18.9. The number of benzene rings is 6. The lowest BCUT2D eigenvalue weighted by Gasteiger charge is -2.44. The lowest BCUT2D eigenvalue weighted by molar-refractivity contribution is -0.657. The number of rotatable bonds is 7. The van der Waals surface area contributed by atoms with Crippen molar-refractivity contribution in [3.8, 4) is 0 Å². The highest BCUT2D eigenvalue weighted by Crippen LogP contribution is 2.31. The van der Waals surface area contributed by atoms with Gasteiger partial charge in [0, 0.05) is 23.1 Å². The van der Waals surface area contributed by atoms with Crippen LogP contribution >= 0.6 is 0 Å². The predicted molar refractivity (Wildman–Crippen MR) is 203 cm³/mol. The fourth-order valence-corrected chi connectivity index (χ4v) is 7.64. The van der Waals surface area contributed by atoms with Gasteiger partial charge < -0.3 is 0 Å². The maximum atomic E-state index is 15.4. The molecule has 0 saturated carbocycles. The summed E-state index contributed by atoms with van der Waals surface area (Å²) in [6, 6.07) is 20.2. The van der Waals surface area contributed by atoms with Crippen LogP contribution in [0.2, 0.25) is 0 Å². The minimum atomic E-state index is -7.22. The summed E-state index contributed by atoms with van der Waals surface area (Å²) in [5, 5.41) is 1.14. The van der Waals surface area contributed by atoms with Gasteiger partial charge in [0.05, 0.1) is 0 Å². The summed E-state index contributed by atoms with van der Waals surface area (Å²) in [4.78, 5) is 12.6.